The second-order valence-electron chi connectivity index (χ2n) is 6.65. The van der Waals surface area contributed by atoms with Crippen LogP contribution in [-0.4, -0.2) is 39.8 Å². The molecular formula is C21H26ClN3O3. The molecule has 7 heteroatoms. The molecular weight excluding hydrogens is 378 g/mol. The fraction of sp³-hybridized carbons (Fsp3) is 0.381. The Labute approximate surface area is 170 Å². The number of carbonyl (C=O) groups excluding carboxylic acids is 1. The van der Waals surface area contributed by atoms with Crippen LogP contribution >= 0.6 is 11.6 Å². The number of hydrogen-bond donors (Lipinski definition) is 2. The Balaban J connectivity index is 1.67. The predicted octanol–water partition coefficient (Wildman–Crippen LogP) is 4.40. The van der Waals surface area contributed by atoms with E-state index in [1.54, 1.807) is 12.1 Å². The molecule has 0 spiro atoms. The average molecular weight is 404 g/mol. The van der Waals surface area contributed by atoms with Gasteiger partial charge >= 0.3 is 0 Å². The van der Waals surface area contributed by atoms with Gasteiger partial charge in [-0.2, -0.15) is 0 Å². The summed E-state index contributed by atoms with van der Waals surface area (Å²) in [4.78, 5) is 14.9. The van der Waals surface area contributed by atoms with Crippen LogP contribution in [0.1, 0.15) is 19.3 Å². The minimum Gasteiger partial charge on any atom is -0.495 e. The molecule has 150 valence electrons. The number of para-hydroxylation sites is 2. The maximum atomic E-state index is 12.5. The minimum absolute atomic E-state index is 0.138. The zero-order valence-corrected chi connectivity index (χ0v) is 17.0. The van der Waals surface area contributed by atoms with Crippen molar-refractivity contribution in [1.29, 1.82) is 0 Å². The highest BCUT2D eigenvalue weighted by molar-refractivity contribution is 6.32. The van der Waals surface area contributed by atoms with Crippen molar-refractivity contribution in [2.24, 2.45) is 0 Å². The molecule has 0 radical (unpaired) electrons. The van der Waals surface area contributed by atoms with Crippen molar-refractivity contribution in [3.8, 4) is 11.5 Å². The van der Waals surface area contributed by atoms with E-state index in [1.165, 1.54) is 33.5 Å². The Morgan fingerprint density at radius 2 is 1.75 bits per heavy atom. The molecule has 0 aromatic heterocycles. The van der Waals surface area contributed by atoms with Gasteiger partial charge in [0.05, 0.1) is 42.8 Å². The smallest absolute Gasteiger partial charge is 0.243 e. The van der Waals surface area contributed by atoms with Gasteiger partial charge in [0.15, 0.2) is 0 Å². The van der Waals surface area contributed by atoms with Crippen LogP contribution in [0.15, 0.2) is 36.4 Å². The monoisotopic (exact) mass is 403 g/mol. The van der Waals surface area contributed by atoms with Crippen LogP contribution in [0.3, 0.4) is 0 Å². The third kappa shape index (κ3) is 4.81. The first-order chi connectivity index (χ1) is 13.6. The quantitative estimate of drug-likeness (QED) is 0.717. The summed E-state index contributed by atoms with van der Waals surface area (Å²) in [6, 6.07) is 11.4. The van der Waals surface area contributed by atoms with Crippen LogP contribution in [0, 0.1) is 0 Å². The van der Waals surface area contributed by atoms with E-state index in [0.717, 1.165) is 24.5 Å². The van der Waals surface area contributed by atoms with Gasteiger partial charge in [-0.25, -0.2) is 0 Å². The van der Waals surface area contributed by atoms with Gasteiger partial charge in [-0.3, -0.25) is 4.79 Å². The summed E-state index contributed by atoms with van der Waals surface area (Å²) < 4.78 is 10.5. The van der Waals surface area contributed by atoms with E-state index in [0.29, 0.717) is 22.2 Å². The minimum atomic E-state index is -0.184. The molecule has 0 atom stereocenters. The predicted molar refractivity (Wildman–Crippen MR) is 114 cm³/mol. The van der Waals surface area contributed by atoms with Gasteiger partial charge < -0.3 is 25.0 Å². The summed E-state index contributed by atoms with van der Waals surface area (Å²) >= 11 is 6.11. The van der Waals surface area contributed by atoms with E-state index >= 15 is 0 Å². The first-order valence-corrected chi connectivity index (χ1v) is 9.79. The van der Waals surface area contributed by atoms with Crippen molar-refractivity contribution in [2.75, 3.05) is 49.4 Å². The van der Waals surface area contributed by atoms with Crippen molar-refractivity contribution in [3.05, 3.63) is 41.4 Å². The molecule has 3 rings (SSSR count). The number of nitrogens with one attached hydrogen (secondary N) is 2. The molecule has 1 aliphatic rings. The van der Waals surface area contributed by atoms with E-state index < -0.39 is 0 Å². The van der Waals surface area contributed by atoms with Gasteiger partial charge in [-0.1, -0.05) is 23.7 Å². The molecule has 1 saturated heterocycles. The average Bonchev–Trinajstić information content (AvgIpc) is 2.74. The van der Waals surface area contributed by atoms with Gasteiger partial charge in [0.25, 0.3) is 0 Å². The molecule has 1 aliphatic heterocycles. The van der Waals surface area contributed by atoms with Crippen molar-refractivity contribution < 1.29 is 14.3 Å². The molecule has 6 nitrogen and oxygen atoms in total. The zero-order valence-electron chi connectivity index (χ0n) is 16.3. The first-order valence-electron chi connectivity index (χ1n) is 9.41. The summed E-state index contributed by atoms with van der Waals surface area (Å²) in [6.07, 6.45) is 3.68. The van der Waals surface area contributed by atoms with Crippen molar-refractivity contribution in [1.82, 2.24) is 0 Å². The highest BCUT2D eigenvalue weighted by atomic mass is 35.5. The second-order valence-corrected chi connectivity index (χ2v) is 7.06. The Hall–Kier alpha value is -2.60. The molecule has 1 amide bonds. The van der Waals surface area contributed by atoms with E-state index in [9.17, 15) is 4.79 Å². The standard InChI is InChI=1S/C21H26ClN3O3/c1-27-19-13-17(20(28-2)12-15(19)22)24-21(26)14-23-16-8-4-5-9-18(16)25-10-6-3-7-11-25/h4-5,8-9,12-13,23H,3,6-7,10-11,14H2,1-2H3,(H,24,26). The van der Waals surface area contributed by atoms with Crippen molar-refractivity contribution >= 4 is 34.6 Å². The fourth-order valence-corrected chi connectivity index (χ4v) is 3.59. The SMILES string of the molecule is COc1cc(NC(=O)CNc2ccccc2N2CCCCC2)c(OC)cc1Cl. The first kappa shape index (κ1) is 20.1. The summed E-state index contributed by atoms with van der Waals surface area (Å²) in [6.45, 7) is 2.23. The largest absolute Gasteiger partial charge is 0.495 e. The zero-order chi connectivity index (χ0) is 19.9. The van der Waals surface area contributed by atoms with Gasteiger partial charge in [-0.15, -0.1) is 0 Å². The Bertz CT molecular complexity index is 823. The molecule has 1 heterocycles. The van der Waals surface area contributed by atoms with Crippen molar-refractivity contribution in [2.45, 2.75) is 19.3 Å². The summed E-state index contributed by atoms with van der Waals surface area (Å²) in [5.74, 6) is 0.769. The lowest BCUT2D eigenvalue weighted by Crippen LogP contribution is -2.30. The molecule has 2 N–H and O–H groups in total. The van der Waals surface area contributed by atoms with E-state index in [2.05, 4.69) is 21.6 Å². The molecule has 0 unspecified atom stereocenters. The highest BCUT2D eigenvalue weighted by Crippen LogP contribution is 2.36. The lowest BCUT2D eigenvalue weighted by atomic mass is 10.1. The van der Waals surface area contributed by atoms with E-state index in [4.69, 9.17) is 21.1 Å². The molecule has 2 aromatic carbocycles. The number of carbonyl (C=O) groups is 1. The summed E-state index contributed by atoms with van der Waals surface area (Å²) in [7, 11) is 3.05. The van der Waals surface area contributed by atoms with Gasteiger partial charge in [0.1, 0.15) is 11.5 Å². The number of nitrogens with zero attached hydrogens (tertiary/aromatic N) is 1. The number of hydrogen-bond acceptors (Lipinski definition) is 5. The molecule has 0 bridgehead atoms. The van der Waals surface area contributed by atoms with Crippen LogP contribution in [0.5, 0.6) is 11.5 Å². The van der Waals surface area contributed by atoms with Crippen LogP contribution in [0.25, 0.3) is 0 Å². The Kier molecular flexibility index (Phi) is 6.87. The number of benzene rings is 2. The van der Waals surface area contributed by atoms with E-state index in [-0.39, 0.29) is 12.5 Å². The molecule has 28 heavy (non-hydrogen) atoms. The number of anilines is 3. The van der Waals surface area contributed by atoms with Gasteiger partial charge in [0, 0.05) is 25.2 Å². The third-order valence-corrected chi connectivity index (χ3v) is 5.08. The topological polar surface area (TPSA) is 62.8 Å². The van der Waals surface area contributed by atoms with Gasteiger partial charge in [0.2, 0.25) is 5.91 Å². The number of methoxy groups -OCH3 is 2. The maximum Gasteiger partial charge on any atom is 0.243 e. The Morgan fingerprint density at radius 1 is 1.04 bits per heavy atom. The number of rotatable bonds is 7. The lowest BCUT2D eigenvalue weighted by Gasteiger charge is -2.30. The van der Waals surface area contributed by atoms with Crippen molar-refractivity contribution in [3.63, 3.8) is 0 Å². The normalized spacial score (nSPS) is 13.8. The lowest BCUT2D eigenvalue weighted by molar-refractivity contribution is -0.114. The van der Waals surface area contributed by atoms with Crippen LogP contribution in [0.2, 0.25) is 5.02 Å². The summed E-state index contributed by atoms with van der Waals surface area (Å²) in [5, 5.41) is 6.53. The number of halogens is 1. The Morgan fingerprint density at radius 3 is 2.46 bits per heavy atom. The number of ether oxygens (including phenoxy) is 2. The second kappa shape index (κ2) is 9.55. The number of piperidine rings is 1. The van der Waals surface area contributed by atoms with Crippen LogP contribution < -0.4 is 25.0 Å². The van der Waals surface area contributed by atoms with Crippen LogP contribution in [-0.2, 0) is 4.79 Å². The van der Waals surface area contributed by atoms with Gasteiger partial charge in [-0.05, 0) is 31.4 Å². The molecule has 1 fully saturated rings. The van der Waals surface area contributed by atoms with E-state index in [1.807, 2.05) is 18.2 Å². The number of amides is 1. The fourth-order valence-electron chi connectivity index (χ4n) is 3.36. The third-order valence-electron chi connectivity index (χ3n) is 4.79. The van der Waals surface area contributed by atoms with Crippen LogP contribution in [0.4, 0.5) is 17.1 Å². The molecule has 2 aromatic rings. The highest BCUT2D eigenvalue weighted by Gasteiger charge is 2.16. The summed E-state index contributed by atoms with van der Waals surface area (Å²) in [5.41, 5.74) is 2.61. The maximum absolute atomic E-state index is 12.5. The molecule has 0 aliphatic carbocycles. The molecule has 0 saturated carbocycles.